The molecular weight excluding hydrogens is 320 g/mol. The zero-order chi connectivity index (χ0) is 18.8. The summed E-state index contributed by atoms with van der Waals surface area (Å²) in [5.41, 5.74) is -1.14. The van der Waals surface area contributed by atoms with Crippen LogP contribution in [0.5, 0.6) is 0 Å². The summed E-state index contributed by atoms with van der Waals surface area (Å²) in [6.07, 6.45) is 5.60. The van der Waals surface area contributed by atoms with Gasteiger partial charge in [0, 0.05) is 12.0 Å². The summed E-state index contributed by atoms with van der Waals surface area (Å²) in [4.78, 5) is 12.0. The molecule has 1 aliphatic heterocycles. The molecule has 5 nitrogen and oxygen atoms in total. The van der Waals surface area contributed by atoms with Gasteiger partial charge in [-0.05, 0) is 50.2 Å². The van der Waals surface area contributed by atoms with Gasteiger partial charge in [0.15, 0.2) is 0 Å². The Balaban J connectivity index is 2.30. The molecule has 2 bridgehead atoms. The fourth-order valence-electron chi connectivity index (χ4n) is 3.16. The molecule has 2 rings (SSSR count). The summed E-state index contributed by atoms with van der Waals surface area (Å²) in [5.74, 6) is -0.448. The van der Waals surface area contributed by atoms with Crippen LogP contribution in [0.2, 0.25) is 0 Å². The molecule has 4 atom stereocenters. The zero-order valence-corrected chi connectivity index (χ0v) is 15.4. The van der Waals surface area contributed by atoms with E-state index in [1.165, 1.54) is 0 Å². The van der Waals surface area contributed by atoms with Gasteiger partial charge in [-0.2, -0.15) is 0 Å². The van der Waals surface area contributed by atoms with Crippen molar-refractivity contribution in [3.63, 3.8) is 0 Å². The van der Waals surface area contributed by atoms with Crippen molar-refractivity contribution in [3.8, 4) is 0 Å². The van der Waals surface area contributed by atoms with Crippen molar-refractivity contribution in [2.45, 2.75) is 76.3 Å². The van der Waals surface area contributed by atoms with Gasteiger partial charge in [0.05, 0.1) is 17.3 Å². The molecule has 2 aliphatic rings. The molecule has 1 heterocycles. The molecule has 0 saturated carbocycles. The third-order valence-electron chi connectivity index (χ3n) is 5.29. The van der Waals surface area contributed by atoms with E-state index in [0.29, 0.717) is 43.3 Å². The number of carbonyl (C=O) groups excluding carboxylic acids is 1. The first-order chi connectivity index (χ1) is 11.5. The molecule has 140 valence electrons. The highest BCUT2D eigenvalue weighted by atomic mass is 16.5. The Morgan fingerprint density at radius 3 is 2.60 bits per heavy atom. The lowest BCUT2D eigenvalue weighted by molar-refractivity contribution is -0.139. The van der Waals surface area contributed by atoms with Crippen LogP contribution in [0.15, 0.2) is 36.0 Å². The molecular formula is C20H30O5. The zero-order valence-electron chi connectivity index (χ0n) is 15.4. The van der Waals surface area contributed by atoms with Crippen LogP contribution in [0.1, 0.15) is 52.9 Å². The Bertz CT molecular complexity index is 587. The van der Waals surface area contributed by atoms with Crippen LogP contribution in [-0.4, -0.2) is 44.7 Å². The summed E-state index contributed by atoms with van der Waals surface area (Å²) in [6, 6.07) is 0. The lowest BCUT2D eigenvalue weighted by Crippen LogP contribution is -2.34. The lowest BCUT2D eigenvalue weighted by atomic mass is 9.82. The molecule has 0 aromatic rings. The second kappa shape index (κ2) is 7.44. The van der Waals surface area contributed by atoms with Crippen molar-refractivity contribution >= 4 is 5.97 Å². The summed E-state index contributed by atoms with van der Waals surface area (Å²) < 4.78 is 5.34. The monoisotopic (exact) mass is 350 g/mol. The van der Waals surface area contributed by atoms with Crippen LogP contribution in [0, 0.1) is 5.92 Å². The molecule has 3 N–H and O–H groups in total. The summed E-state index contributed by atoms with van der Waals surface area (Å²) in [6.45, 7) is 9.35. The Kier molecular flexibility index (Phi) is 5.92. The first kappa shape index (κ1) is 19.9. The van der Waals surface area contributed by atoms with E-state index < -0.39 is 23.4 Å². The molecule has 0 spiro atoms. The highest BCUT2D eigenvalue weighted by molar-refractivity contribution is 5.90. The van der Waals surface area contributed by atoms with E-state index in [9.17, 15) is 20.1 Å². The number of ether oxygens (including phenoxy) is 1. The van der Waals surface area contributed by atoms with E-state index in [-0.39, 0.29) is 11.9 Å². The highest BCUT2D eigenvalue weighted by Gasteiger charge is 2.33. The van der Waals surface area contributed by atoms with Crippen molar-refractivity contribution in [1.29, 1.82) is 0 Å². The Hall–Kier alpha value is -1.43. The predicted molar refractivity (Wildman–Crippen MR) is 95.7 cm³/mol. The highest BCUT2D eigenvalue weighted by Crippen LogP contribution is 2.32. The summed E-state index contributed by atoms with van der Waals surface area (Å²) >= 11 is 0. The van der Waals surface area contributed by atoms with Gasteiger partial charge in [0.2, 0.25) is 0 Å². The normalized spacial score (nSPS) is 38.9. The number of aliphatic hydroxyl groups is 3. The molecule has 0 saturated heterocycles. The number of fused-ring (bicyclic) bond motifs is 1. The number of rotatable bonds is 1. The van der Waals surface area contributed by atoms with Gasteiger partial charge in [-0.15, -0.1) is 0 Å². The topological polar surface area (TPSA) is 87.0 Å². The number of carbonyl (C=O) groups is 1. The second-order valence-electron chi connectivity index (χ2n) is 7.89. The maximum atomic E-state index is 12.0. The SMILES string of the molecule is C=C1C[C@H]2C=C(CC[C@@](O)(C(C)C)/C=C/[C@](C)(O)CC[C@H]1O)C(=O)O2. The molecule has 1 aliphatic carbocycles. The number of esters is 1. The average Bonchev–Trinajstić information content (AvgIpc) is 2.87. The van der Waals surface area contributed by atoms with Crippen molar-refractivity contribution < 1.29 is 24.9 Å². The minimum absolute atomic E-state index is 0.0772. The number of hydrogen-bond acceptors (Lipinski definition) is 5. The van der Waals surface area contributed by atoms with Gasteiger partial charge in [-0.1, -0.05) is 32.6 Å². The van der Waals surface area contributed by atoms with E-state index in [0.717, 1.165) is 0 Å². The standard InChI is InChI=1S/C20H30O5/c1-13(2)20(24)8-5-15-12-16(25-18(15)22)11-14(3)17(21)6-7-19(4,23)9-10-20/h9-10,12-13,16-17,21,23-24H,3,5-8,11H2,1-2,4H3/b10-9+/t16-,17+,19+,20-/m0/s1. The van der Waals surface area contributed by atoms with Gasteiger partial charge in [-0.3, -0.25) is 0 Å². The molecule has 5 heteroatoms. The second-order valence-corrected chi connectivity index (χ2v) is 7.89. The summed E-state index contributed by atoms with van der Waals surface area (Å²) in [7, 11) is 0. The van der Waals surface area contributed by atoms with Crippen LogP contribution in [0.25, 0.3) is 0 Å². The average molecular weight is 350 g/mol. The first-order valence-corrected chi connectivity index (χ1v) is 8.95. The van der Waals surface area contributed by atoms with E-state index in [1.54, 1.807) is 25.2 Å². The molecule has 0 amide bonds. The number of aliphatic hydroxyl groups excluding tert-OH is 1. The molecule has 0 unspecified atom stereocenters. The van der Waals surface area contributed by atoms with Crippen molar-refractivity contribution in [3.05, 3.63) is 36.0 Å². The van der Waals surface area contributed by atoms with E-state index in [1.807, 2.05) is 13.8 Å². The third-order valence-corrected chi connectivity index (χ3v) is 5.29. The van der Waals surface area contributed by atoms with E-state index >= 15 is 0 Å². The Morgan fingerprint density at radius 2 is 1.96 bits per heavy atom. The Labute approximate surface area is 149 Å². The van der Waals surface area contributed by atoms with Crippen molar-refractivity contribution in [2.24, 2.45) is 5.92 Å². The largest absolute Gasteiger partial charge is 0.454 e. The molecule has 25 heavy (non-hydrogen) atoms. The maximum Gasteiger partial charge on any atom is 0.334 e. The number of hydrogen-bond donors (Lipinski definition) is 3. The van der Waals surface area contributed by atoms with Gasteiger partial charge >= 0.3 is 5.97 Å². The van der Waals surface area contributed by atoms with Gasteiger partial charge in [0.1, 0.15) is 6.10 Å². The predicted octanol–water partition coefficient (Wildman–Crippen LogP) is 2.41. The first-order valence-electron chi connectivity index (χ1n) is 8.95. The minimum atomic E-state index is -1.14. The van der Waals surface area contributed by atoms with Gasteiger partial charge in [-0.25, -0.2) is 4.79 Å². The summed E-state index contributed by atoms with van der Waals surface area (Å²) in [5, 5.41) is 31.7. The van der Waals surface area contributed by atoms with Crippen LogP contribution < -0.4 is 0 Å². The molecule has 0 aromatic heterocycles. The minimum Gasteiger partial charge on any atom is -0.454 e. The third kappa shape index (κ3) is 5.03. The van der Waals surface area contributed by atoms with E-state index in [4.69, 9.17) is 4.74 Å². The fourth-order valence-corrected chi connectivity index (χ4v) is 3.16. The van der Waals surface area contributed by atoms with E-state index in [2.05, 4.69) is 6.58 Å². The Morgan fingerprint density at radius 1 is 1.28 bits per heavy atom. The fraction of sp³-hybridized carbons (Fsp3) is 0.650. The van der Waals surface area contributed by atoms with Crippen LogP contribution in [0.4, 0.5) is 0 Å². The molecule has 0 fully saturated rings. The van der Waals surface area contributed by atoms with Gasteiger partial charge in [0.25, 0.3) is 0 Å². The smallest absolute Gasteiger partial charge is 0.334 e. The van der Waals surface area contributed by atoms with Crippen LogP contribution in [0.3, 0.4) is 0 Å². The van der Waals surface area contributed by atoms with Crippen LogP contribution >= 0.6 is 0 Å². The van der Waals surface area contributed by atoms with Crippen molar-refractivity contribution in [2.75, 3.05) is 0 Å². The molecule has 0 radical (unpaired) electrons. The molecule has 0 aromatic carbocycles. The quantitative estimate of drug-likeness (QED) is 0.499. The van der Waals surface area contributed by atoms with Gasteiger partial charge < -0.3 is 20.1 Å². The van der Waals surface area contributed by atoms with Crippen molar-refractivity contribution in [1.82, 2.24) is 0 Å². The maximum absolute atomic E-state index is 12.0. The lowest BCUT2D eigenvalue weighted by Gasteiger charge is -2.31. The van der Waals surface area contributed by atoms with Crippen LogP contribution in [-0.2, 0) is 9.53 Å².